The van der Waals surface area contributed by atoms with Crippen LogP contribution >= 0.6 is 15.9 Å². The first-order valence-corrected chi connectivity index (χ1v) is 6.66. The van der Waals surface area contributed by atoms with Crippen LogP contribution in [0.2, 0.25) is 0 Å². The highest BCUT2D eigenvalue weighted by Gasteiger charge is 2.10. The average Bonchev–Trinajstić information content (AvgIpc) is 2.42. The van der Waals surface area contributed by atoms with Gasteiger partial charge in [-0.2, -0.15) is 0 Å². The first kappa shape index (κ1) is 14.5. The molecule has 1 heterocycles. The number of hydrogen-bond donors (Lipinski definition) is 1. The smallest absolute Gasteiger partial charge is 0.335 e. The lowest BCUT2D eigenvalue weighted by molar-refractivity contribution is 0.0696. The monoisotopic (exact) mass is 339 g/mol. The number of aromatic carboxylic acids is 1. The second-order valence-corrected chi connectivity index (χ2v) is 4.88. The second kappa shape index (κ2) is 6.00. The molecule has 1 N–H and O–H groups in total. The maximum Gasteiger partial charge on any atom is 0.335 e. The SMILES string of the molecule is CCc1cc(C(=O)O)cc(Oc2ccc(Br)c(F)c2)n1. The van der Waals surface area contributed by atoms with E-state index >= 15 is 0 Å². The van der Waals surface area contributed by atoms with Crippen molar-refractivity contribution in [3.63, 3.8) is 0 Å². The first-order chi connectivity index (χ1) is 9.49. The minimum Gasteiger partial charge on any atom is -0.478 e. The molecule has 20 heavy (non-hydrogen) atoms. The van der Waals surface area contributed by atoms with Crippen molar-refractivity contribution >= 4 is 21.9 Å². The van der Waals surface area contributed by atoms with Gasteiger partial charge in [-0.15, -0.1) is 0 Å². The molecule has 0 saturated heterocycles. The van der Waals surface area contributed by atoms with Gasteiger partial charge in [0.2, 0.25) is 5.88 Å². The Hall–Kier alpha value is -1.95. The third-order valence-corrected chi connectivity index (χ3v) is 3.22. The number of halogens is 2. The molecule has 104 valence electrons. The first-order valence-electron chi connectivity index (χ1n) is 5.86. The van der Waals surface area contributed by atoms with Crippen molar-refractivity contribution in [3.05, 3.63) is 51.9 Å². The molecule has 0 atom stereocenters. The summed E-state index contributed by atoms with van der Waals surface area (Å²) in [6, 6.07) is 7.06. The molecule has 2 rings (SSSR count). The molecule has 6 heteroatoms. The molecule has 0 bridgehead atoms. The summed E-state index contributed by atoms with van der Waals surface area (Å²) in [7, 11) is 0. The van der Waals surface area contributed by atoms with Crippen molar-refractivity contribution in [2.24, 2.45) is 0 Å². The number of nitrogens with zero attached hydrogens (tertiary/aromatic N) is 1. The molecule has 2 aromatic rings. The van der Waals surface area contributed by atoms with E-state index in [0.717, 1.165) is 0 Å². The second-order valence-electron chi connectivity index (χ2n) is 4.02. The number of carboxylic acid groups (broad SMARTS) is 1. The number of carbonyl (C=O) groups is 1. The van der Waals surface area contributed by atoms with Crippen molar-refractivity contribution in [2.75, 3.05) is 0 Å². The molecular weight excluding hydrogens is 329 g/mol. The Morgan fingerprint density at radius 1 is 1.40 bits per heavy atom. The maximum atomic E-state index is 13.4. The Morgan fingerprint density at radius 2 is 2.15 bits per heavy atom. The molecular formula is C14H11BrFNO3. The molecule has 0 saturated carbocycles. The predicted octanol–water partition coefficient (Wildman–Crippen LogP) is 4.04. The number of benzene rings is 1. The number of aryl methyl sites for hydroxylation is 1. The van der Waals surface area contributed by atoms with E-state index in [1.807, 2.05) is 6.92 Å². The number of ether oxygens (including phenoxy) is 1. The third-order valence-electron chi connectivity index (χ3n) is 2.58. The maximum absolute atomic E-state index is 13.4. The number of carboxylic acids is 1. The third kappa shape index (κ3) is 3.33. The average molecular weight is 340 g/mol. The van der Waals surface area contributed by atoms with E-state index in [0.29, 0.717) is 16.6 Å². The fourth-order valence-electron chi connectivity index (χ4n) is 1.58. The summed E-state index contributed by atoms with van der Waals surface area (Å²) in [5.41, 5.74) is 0.682. The minimum absolute atomic E-state index is 0.0874. The molecule has 0 aliphatic heterocycles. The van der Waals surface area contributed by atoms with Crippen molar-refractivity contribution in [3.8, 4) is 11.6 Å². The van der Waals surface area contributed by atoms with E-state index in [1.165, 1.54) is 24.3 Å². The van der Waals surface area contributed by atoms with Gasteiger partial charge < -0.3 is 9.84 Å². The van der Waals surface area contributed by atoms with Crippen LogP contribution in [0.25, 0.3) is 0 Å². The van der Waals surface area contributed by atoms with Gasteiger partial charge in [0.05, 0.1) is 10.0 Å². The number of aromatic nitrogens is 1. The Bertz CT molecular complexity index is 661. The van der Waals surface area contributed by atoms with Crippen LogP contribution in [0.3, 0.4) is 0 Å². The van der Waals surface area contributed by atoms with Gasteiger partial charge in [0.25, 0.3) is 0 Å². The summed E-state index contributed by atoms with van der Waals surface area (Å²) >= 11 is 3.04. The van der Waals surface area contributed by atoms with E-state index in [9.17, 15) is 9.18 Å². The van der Waals surface area contributed by atoms with Gasteiger partial charge in [-0.25, -0.2) is 14.2 Å². The van der Waals surface area contributed by atoms with Gasteiger partial charge in [0.15, 0.2) is 0 Å². The van der Waals surface area contributed by atoms with Gasteiger partial charge in [0, 0.05) is 17.8 Å². The molecule has 0 aliphatic carbocycles. The summed E-state index contributed by atoms with van der Waals surface area (Å²) in [5, 5.41) is 9.03. The van der Waals surface area contributed by atoms with E-state index in [-0.39, 0.29) is 17.2 Å². The largest absolute Gasteiger partial charge is 0.478 e. The highest BCUT2D eigenvalue weighted by Crippen LogP contribution is 2.25. The quantitative estimate of drug-likeness (QED) is 0.913. The van der Waals surface area contributed by atoms with Crippen LogP contribution < -0.4 is 4.74 Å². The zero-order valence-electron chi connectivity index (χ0n) is 10.6. The number of rotatable bonds is 4. The van der Waals surface area contributed by atoms with Crippen LogP contribution in [-0.4, -0.2) is 16.1 Å². The topological polar surface area (TPSA) is 59.4 Å². The lowest BCUT2D eigenvalue weighted by Crippen LogP contribution is -2.01. The van der Waals surface area contributed by atoms with E-state index < -0.39 is 11.8 Å². The Kier molecular flexibility index (Phi) is 4.34. The Morgan fingerprint density at radius 3 is 2.75 bits per heavy atom. The van der Waals surface area contributed by atoms with Gasteiger partial charge in [-0.05, 0) is 40.5 Å². The van der Waals surface area contributed by atoms with Crippen molar-refractivity contribution in [2.45, 2.75) is 13.3 Å². The molecule has 0 amide bonds. The lowest BCUT2D eigenvalue weighted by atomic mass is 10.2. The van der Waals surface area contributed by atoms with Gasteiger partial charge in [-0.1, -0.05) is 6.92 Å². The van der Waals surface area contributed by atoms with Gasteiger partial charge in [-0.3, -0.25) is 0 Å². The Balaban J connectivity index is 2.34. The molecule has 1 aromatic carbocycles. The number of pyridine rings is 1. The summed E-state index contributed by atoms with van der Waals surface area (Å²) in [4.78, 5) is 15.2. The molecule has 0 spiro atoms. The normalized spacial score (nSPS) is 10.3. The van der Waals surface area contributed by atoms with Crippen LogP contribution in [0, 0.1) is 5.82 Å². The predicted molar refractivity (Wildman–Crippen MR) is 74.7 cm³/mol. The molecule has 0 unspecified atom stereocenters. The highest BCUT2D eigenvalue weighted by atomic mass is 79.9. The van der Waals surface area contributed by atoms with Crippen LogP contribution in [0.4, 0.5) is 4.39 Å². The summed E-state index contributed by atoms with van der Waals surface area (Å²) < 4.78 is 19.1. The van der Waals surface area contributed by atoms with Gasteiger partial charge >= 0.3 is 5.97 Å². The number of hydrogen-bond acceptors (Lipinski definition) is 3. The van der Waals surface area contributed by atoms with Crippen molar-refractivity contribution in [1.82, 2.24) is 4.98 Å². The van der Waals surface area contributed by atoms with Crippen molar-refractivity contribution in [1.29, 1.82) is 0 Å². The van der Waals surface area contributed by atoms with Gasteiger partial charge in [0.1, 0.15) is 11.6 Å². The van der Waals surface area contributed by atoms with E-state index in [2.05, 4.69) is 20.9 Å². The summed E-state index contributed by atoms with van der Waals surface area (Å²) in [6.45, 7) is 1.86. The standard InChI is InChI=1S/C14H11BrFNO3/c1-2-9-5-8(14(18)19)6-13(17-9)20-10-3-4-11(15)12(16)7-10/h3-7H,2H2,1H3,(H,18,19). The van der Waals surface area contributed by atoms with Crippen LogP contribution in [-0.2, 0) is 6.42 Å². The molecule has 0 fully saturated rings. The van der Waals surface area contributed by atoms with Crippen LogP contribution in [0.1, 0.15) is 23.0 Å². The fourth-order valence-corrected chi connectivity index (χ4v) is 1.82. The van der Waals surface area contributed by atoms with Crippen LogP contribution in [0.15, 0.2) is 34.8 Å². The molecule has 0 aliphatic rings. The van der Waals surface area contributed by atoms with E-state index in [1.54, 1.807) is 6.07 Å². The molecule has 0 radical (unpaired) electrons. The van der Waals surface area contributed by atoms with Crippen molar-refractivity contribution < 1.29 is 19.0 Å². The highest BCUT2D eigenvalue weighted by molar-refractivity contribution is 9.10. The summed E-state index contributed by atoms with van der Waals surface area (Å²) in [6.07, 6.45) is 0.576. The lowest BCUT2D eigenvalue weighted by Gasteiger charge is -2.08. The minimum atomic E-state index is -1.06. The fraction of sp³-hybridized carbons (Fsp3) is 0.143. The molecule has 4 nitrogen and oxygen atoms in total. The molecule has 1 aromatic heterocycles. The summed E-state index contributed by atoms with van der Waals surface area (Å²) in [5.74, 6) is -1.15. The zero-order valence-corrected chi connectivity index (χ0v) is 12.1. The van der Waals surface area contributed by atoms with E-state index in [4.69, 9.17) is 9.84 Å². The zero-order chi connectivity index (χ0) is 14.7. The van der Waals surface area contributed by atoms with Crippen LogP contribution in [0.5, 0.6) is 11.6 Å². The Labute approximate surface area is 123 Å².